The molecule has 2 atom stereocenters. The lowest BCUT2D eigenvalue weighted by molar-refractivity contribution is -0.203. The Morgan fingerprint density at radius 3 is 1.80 bits per heavy atom. The number of alkyl halides is 2. The Bertz CT molecular complexity index is 452. The molecule has 2 aliphatic heterocycles. The molecule has 0 radical (unpaired) electrons. The van der Waals surface area contributed by atoms with Crippen LogP contribution in [0.1, 0.15) is 20.8 Å². The summed E-state index contributed by atoms with van der Waals surface area (Å²) in [4.78, 5) is 21.6. The minimum atomic E-state index is -2.02. The normalized spacial score (nSPS) is 23.1. The average molecular weight is 371 g/mol. The highest BCUT2D eigenvalue weighted by atomic mass is 19.1. The van der Waals surface area contributed by atoms with Crippen molar-refractivity contribution in [3.05, 3.63) is 0 Å². The fraction of sp³-hybridized carbons (Fsp3) is 0.857. The highest BCUT2D eigenvalue weighted by Gasteiger charge is 2.46. The zero-order valence-corrected chi connectivity index (χ0v) is 14.3. The number of hydrogen-bond acceptors (Lipinski definition) is 8. The van der Waals surface area contributed by atoms with Crippen LogP contribution in [0.25, 0.3) is 0 Å². The van der Waals surface area contributed by atoms with Crippen molar-refractivity contribution in [2.75, 3.05) is 33.0 Å². The number of nitrogens with one attached hydrogen (secondary N) is 1. The number of hydrogen-bond donors (Lipinski definition) is 2. The van der Waals surface area contributed by atoms with Crippen LogP contribution in [-0.2, 0) is 33.3 Å². The van der Waals surface area contributed by atoms with E-state index in [9.17, 15) is 18.4 Å². The van der Waals surface area contributed by atoms with Crippen LogP contribution < -0.4 is 5.48 Å². The smallest absolute Gasteiger partial charge is 0.346 e. The van der Waals surface area contributed by atoms with Crippen molar-refractivity contribution in [2.24, 2.45) is 0 Å². The van der Waals surface area contributed by atoms with E-state index in [0.29, 0.717) is 13.2 Å². The molecular weight excluding hydrogens is 348 g/mol. The van der Waals surface area contributed by atoms with Gasteiger partial charge in [0.05, 0.1) is 33.0 Å². The van der Waals surface area contributed by atoms with E-state index >= 15 is 0 Å². The molecule has 9 nitrogen and oxygen atoms in total. The third-order valence-corrected chi connectivity index (χ3v) is 3.48. The molecule has 2 fully saturated rings. The number of rotatable bonds is 5. The molecule has 0 aromatic carbocycles. The van der Waals surface area contributed by atoms with Gasteiger partial charge >= 0.3 is 5.97 Å². The minimum Gasteiger partial charge on any atom is -0.464 e. The van der Waals surface area contributed by atoms with Crippen molar-refractivity contribution in [3.8, 4) is 0 Å². The van der Waals surface area contributed by atoms with Crippen LogP contribution in [0.5, 0.6) is 0 Å². The van der Waals surface area contributed by atoms with E-state index in [0.717, 1.165) is 0 Å². The van der Waals surface area contributed by atoms with Crippen LogP contribution in [0.4, 0.5) is 8.78 Å². The second kappa shape index (κ2) is 9.34. The van der Waals surface area contributed by atoms with E-state index in [1.807, 2.05) is 0 Å². The Balaban J connectivity index is 0.000000251. The van der Waals surface area contributed by atoms with Crippen molar-refractivity contribution >= 4 is 11.9 Å². The Kier molecular flexibility index (Phi) is 8.09. The van der Waals surface area contributed by atoms with E-state index < -0.39 is 35.8 Å². The van der Waals surface area contributed by atoms with E-state index in [-0.39, 0.29) is 19.8 Å². The topological polar surface area (TPSA) is 113 Å². The van der Waals surface area contributed by atoms with Gasteiger partial charge in [0.1, 0.15) is 0 Å². The summed E-state index contributed by atoms with van der Waals surface area (Å²) in [6.45, 7) is 5.55. The molecule has 0 bridgehead atoms. The zero-order chi connectivity index (χ0) is 19.1. The first-order chi connectivity index (χ1) is 11.7. The SMILES string of the molecule is CC1(C(F)C(=O)NO)OCCO1.CCOC(=O)C(F)C1(C)OCCO1. The summed E-state index contributed by atoms with van der Waals surface area (Å²) in [6.07, 6.45) is -3.90. The van der Waals surface area contributed by atoms with Gasteiger partial charge in [0.2, 0.25) is 23.9 Å². The molecule has 2 heterocycles. The second-order valence-electron chi connectivity index (χ2n) is 5.38. The summed E-state index contributed by atoms with van der Waals surface area (Å²) >= 11 is 0. The van der Waals surface area contributed by atoms with E-state index in [2.05, 4.69) is 4.74 Å². The number of carbonyl (C=O) groups excluding carboxylic acids is 2. The van der Waals surface area contributed by atoms with Gasteiger partial charge in [-0.2, -0.15) is 0 Å². The fourth-order valence-corrected chi connectivity index (χ4v) is 2.08. The highest BCUT2D eigenvalue weighted by molar-refractivity contribution is 5.80. The van der Waals surface area contributed by atoms with Crippen molar-refractivity contribution < 1.29 is 47.3 Å². The highest BCUT2D eigenvalue weighted by Crippen LogP contribution is 2.26. The van der Waals surface area contributed by atoms with Crippen LogP contribution in [0.3, 0.4) is 0 Å². The summed E-state index contributed by atoms with van der Waals surface area (Å²) in [5, 5.41) is 8.13. The van der Waals surface area contributed by atoms with Crippen LogP contribution >= 0.6 is 0 Å². The van der Waals surface area contributed by atoms with Gasteiger partial charge < -0.3 is 23.7 Å². The van der Waals surface area contributed by atoms with E-state index in [4.69, 9.17) is 24.2 Å². The van der Waals surface area contributed by atoms with E-state index in [1.54, 1.807) is 6.92 Å². The molecule has 0 spiro atoms. The van der Waals surface area contributed by atoms with Gasteiger partial charge in [-0.1, -0.05) is 0 Å². The monoisotopic (exact) mass is 371 g/mol. The molecule has 2 unspecified atom stereocenters. The first-order valence-corrected chi connectivity index (χ1v) is 7.64. The summed E-state index contributed by atoms with van der Waals surface area (Å²) in [6, 6.07) is 0. The third-order valence-electron chi connectivity index (χ3n) is 3.48. The maximum Gasteiger partial charge on any atom is 0.346 e. The Morgan fingerprint density at radius 2 is 1.44 bits per heavy atom. The maximum absolute atomic E-state index is 13.3. The van der Waals surface area contributed by atoms with Gasteiger partial charge in [0.25, 0.3) is 5.91 Å². The van der Waals surface area contributed by atoms with Crippen LogP contribution in [-0.4, -0.2) is 74.0 Å². The van der Waals surface area contributed by atoms with Crippen molar-refractivity contribution in [2.45, 2.75) is 44.7 Å². The van der Waals surface area contributed by atoms with Gasteiger partial charge in [-0.25, -0.2) is 19.1 Å². The largest absolute Gasteiger partial charge is 0.464 e. The molecule has 2 rings (SSSR count). The predicted octanol–water partition coefficient (Wildman–Crippen LogP) is 0.244. The fourth-order valence-electron chi connectivity index (χ4n) is 2.08. The number of hydroxylamine groups is 1. The van der Waals surface area contributed by atoms with Crippen LogP contribution in [0.2, 0.25) is 0 Å². The Morgan fingerprint density at radius 1 is 1.04 bits per heavy atom. The van der Waals surface area contributed by atoms with Gasteiger partial charge in [0, 0.05) is 0 Å². The molecule has 2 N–H and O–H groups in total. The standard InChI is InChI=1S/C8H13FO4.C6H10FNO4/c1-3-11-7(10)6(9)8(2)12-4-5-13-8;1-6(11-2-3-12-6)4(7)5(9)8-10/h6H,3-5H2,1-2H3;4,10H,2-3H2,1H3,(H,8,9). The van der Waals surface area contributed by atoms with Gasteiger partial charge in [-0.3, -0.25) is 10.0 Å². The van der Waals surface area contributed by atoms with Crippen molar-refractivity contribution in [3.63, 3.8) is 0 Å². The van der Waals surface area contributed by atoms with Crippen molar-refractivity contribution in [1.82, 2.24) is 5.48 Å². The third kappa shape index (κ3) is 5.54. The lowest BCUT2D eigenvalue weighted by Crippen LogP contribution is -2.47. The molecule has 0 aromatic rings. The summed E-state index contributed by atoms with van der Waals surface area (Å²) in [5.41, 5.74) is 1.19. The Hall–Kier alpha value is -1.40. The first-order valence-electron chi connectivity index (χ1n) is 7.64. The number of amides is 1. The molecule has 2 aliphatic rings. The Labute approximate surface area is 143 Å². The molecule has 146 valence electrons. The minimum absolute atomic E-state index is 0.148. The van der Waals surface area contributed by atoms with E-state index in [1.165, 1.54) is 19.3 Å². The first kappa shape index (κ1) is 21.6. The summed E-state index contributed by atoms with van der Waals surface area (Å²) in [7, 11) is 0. The lowest BCUT2D eigenvalue weighted by atomic mass is 10.2. The number of halogens is 2. The molecular formula is C14H23F2NO8. The van der Waals surface area contributed by atoms with Crippen LogP contribution in [0.15, 0.2) is 0 Å². The molecule has 2 saturated heterocycles. The lowest BCUT2D eigenvalue weighted by Gasteiger charge is -2.24. The second-order valence-corrected chi connectivity index (χ2v) is 5.38. The van der Waals surface area contributed by atoms with Gasteiger partial charge in [0.15, 0.2) is 0 Å². The van der Waals surface area contributed by atoms with Gasteiger partial charge in [-0.15, -0.1) is 0 Å². The molecule has 25 heavy (non-hydrogen) atoms. The molecule has 0 saturated carbocycles. The molecule has 1 amide bonds. The quantitative estimate of drug-likeness (QED) is 0.402. The average Bonchev–Trinajstić information content (AvgIpc) is 3.24. The number of carbonyl (C=O) groups is 2. The zero-order valence-electron chi connectivity index (χ0n) is 14.3. The molecule has 0 aromatic heterocycles. The van der Waals surface area contributed by atoms with Crippen molar-refractivity contribution in [1.29, 1.82) is 0 Å². The molecule has 11 heteroatoms. The van der Waals surface area contributed by atoms with Gasteiger partial charge in [-0.05, 0) is 20.8 Å². The maximum atomic E-state index is 13.3. The van der Waals surface area contributed by atoms with Crippen LogP contribution in [0, 0.1) is 0 Å². The number of esters is 1. The number of ether oxygens (including phenoxy) is 5. The predicted molar refractivity (Wildman–Crippen MR) is 77.0 cm³/mol. The summed E-state index contributed by atoms with van der Waals surface area (Å²) in [5.74, 6) is -5.13. The molecule has 0 aliphatic carbocycles. The summed E-state index contributed by atoms with van der Waals surface area (Å²) < 4.78 is 50.6.